The van der Waals surface area contributed by atoms with Gasteiger partial charge in [-0.2, -0.15) is 0 Å². The van der Waals surface area contributed by atoms with E-state index in [0.717, 1.165) is 0 Å². The van der Waals surface area contributed by atoms with Crippen LogP contribution in [0.4, 0.5) is 5.69 Å². The fourth-order valence-corrected chi connectivity index (χ4v) is 6.87. The van der Waals surface area contributed by atoms with E-state index in [1.807, 2.05) is 67.8 Å². The molecule has 0 spiro atoms. The summed E-state index contributed by atoms with van der Waals surface area (Å²) in [6, 6.07) is 0. The van der Waals surface area contributed by atoms with Crippen LogP contribution in [0.1, 0.15) is 47.4 Å². The van der Waals surface area contributed by atoms with Crippen molar-refractivity contribution in [1.82, 2.24) is 10.2 Å². The Balaban J connectivity index is 3.57. The molecule has 0 bridgehead atoms. The highest BCUT2D eigenvalue weighted by Gasteiger charge is 2.30. The topological polar surface area (TPSA) is 139 Å². The molecule has 12 heteroatoms. The summed E-state index contributed by atoms with van der Waals surface area (Å²) in [7, 11) is 1.48. The van der Waals surface area contributed by atoms with Crippen molar-refractivity contribution in [2.45, 2.75) is 38.9 Å². The number of benzene rings is 1. The molecule has 31 heavy (non-hydrogen) atoms. The maximum Gasteiger partial charge on any atom is 0.255 e. The van der Waals surface area contributed by atoms with E-state index < -0.39 is 30.6 Å². The zero-order chi connectivity index (χ0) is 23.9. The monoisotopic (exact) mass is 773 g/mol. The number of nitrogens with zero attached hydrogens (tertiary/aromatic N) is 1. The Hall–Kier alpha value is -0.300. The molecular weight excluding hydrogens is 747 g/mol. The van der Waals surface area contributed by atoms with E-state index in [0.29, 0.717) is 22.8 Å². The Morgan fingerprint density at radius 3 is 2.10 bits per heavy atom. The van der Waals surface area contributed by atoms with Gasteiger partial charge in [0.15, 0.2) is 0 Å². The second-order valence-corrected chi connectivity index (χ2v) is 10.00. The third-order valence-corrected chi connectivity index (χ3v) is 7.59. The van der Waals surface area contributed by atoms with Gasteiger partial charge < -0.3 is 30.9 Å². The molecule has 2 unspecified atom stereocenters. The normalized spacial score (nSPS) is 12.8. The number of nitrogens with one attached hydrogen (secondary N) is 2. The molecule has 5 N–H and O–H groups in total. The van der Waals surface area contributed by atoms with E-state index in [9.17, 15) is 24.6 Å². The van der Waals surface area contributed by atoms with Crippen molar-refractivity contribution in [1.29, 1.82) is 0 Å². The first-order valence-electron chi connectivity index (χ1n) is 9.50. The molecule has 0 aliphatic rings. The quantitative estimate of drug-likeness (QED) is 0.230. The zero-order valence-electron chi connectivity index (χ0n) is 17.3. The first-order chi connectivity index (χ1) is 14.5. The summed E-state index contributed by atoms with van der Waals surface area (Å²) >= 11 is 5.84. The molecule has 1 aromatic rings. The SMILES string of the molecule is CCC(=O)Nc1c(I)c(C(=O)NCC(O)CC)c(I)c(C(=O)N(C)CC(O)CO)c1I. The average Bonchev–Trinajstić information content (AvgIpc) is 2.74. The molecule has 1 rings (SSSR count). The van der Waals surface area contributed by atoms with E-state index in [-0.39, 0.29) is 36.5 Å². The molecule has 0 aliphatic carbocycles. The summed E-state index contributed by atoms with van der Waals surface area (Å²) in [6.45, 7) is 2.94. The lowest BCUT2D eigenvalue weighted by atomic mass is 10.1. The Kier molecular flexibility index (Phi) is 12.4. The van der Waals surface area contributed by atoms with Crippen molar-refractivity contribution in [3.05, 3.63) is 21.8 Å². The highest BCUT2D eigenvalue weighted by Crippen LogP contribution is 2.36. The number of aliphatic hydroxyl groups is 3. The van der Waals surface area contributed by atoms with Gasteiger partial charge in [-0.25, -0.2) is 0 Å². The van der Waals surface area contributed by atoms with E-state index in [1.165, 1.54) is 11.9 Å². The molecule has 1 aromatic carbocycles. The standard InChI is InChI=1S/C19H26I3N3O6/c1-4-9(27)6-23-18(30)12-14(20)13(19(31)25(3)7-10(28)8-26)16(22)17(15(12)21)24-11(29)5-2/h9-10,26-28H,4-8H2,1-3H3,(H,23,30)(H,24,29). The summed E-state index contributed by atoms with van der Waals surface area (Å²) < 4.78 is 1.33. The van der Waals surface area contributed by atoms with Gasteiger partial charge in [0.2, 0.25) is 5.91 Å². The van der Waals surface area contributed by atoms with Gasteiger partial charge in [0.05, 0.1) is 42.8 Å². The highest BCUT2D eigenvalue weighted by atomic mass is 127. The van der Waals surface area contributed by atoms with Crippen LogP contribution in [0, 0.1) is 10.7 Å². The number of amides is 3. The van der Waals surface area contributed by atoms with Crippen LogP contribution in [0.2, 0.25) is 0 Å². The summed E-state index contributed by atoms with van der Waals surface area (Å²) in [4.78, 5) is 39.5. The minimum Gasteiger partial charge on any atom is -0.394 e. The number of aliphatic hydroxyl groups excluding tert-OH is 3. The molecule has 0 heterocycles. The van der Waals surface area contributed by atoms with E-state index in [1.54, 1.807) is 13.8 Å². The highest BCUT2D eigenvalue weighted by molar-refractivity contribution is 14.1. The van der Waals surface area contributed by atoms with Crippen LogP contribution in [0.3, 0.4) is 0 Å². The Bertz CT molecular complexity index is 837. The van der Waals surface area contributed by atoms with Crippen LogP contribution in [-0.4, -0.2) is 76.9 Å². The molecule has 0 saturated carbocycles. The minimum absolute atomic E-state index is 0.0516. The van der Waals surface area contributed by atoms with Gasteiger partial charge in [0.25, 0.3) is 11.8 Å². The van der Waals surface area contributed by atoms with Crippen LogP contribution in [-0.2, 0) is 4.79 Å². The lowest BCUT2D eigenvalue weighted by Crippen LogP contribution is -2.38. The number of carbonyl (C=O) groups excluding carboxylic acids is 3. The van der Waals surface area contributed by atoms with Gasteiger partial charge in [-0.05, 0) is 74.2 Å². The molecule has 9 nitrogen and oxygen atoms in total. The molecule has 2 atom stereocenters. The smallest absolute Gasteiger partial charge is 0.255 e. The van der Waals surface area contributed by atoms with Gasteiger partial charge in [-0.15, -0.1) is 0 Å². The van der Waals surface area contributed by atoms with Gasteiger partial charge in [-0.1, -0.05) is 13.8 Å². The zero-order valence-corrected chi connectivity index (χ0v) is 23.8. The number of halogens is 3. The molecule has 3 amide bonds. The number of rotatable bonds is 10. The first-order valence-corrected chi connectivity index (χ1v) is 12.7. The van der Waals surface area contributed by atoms with E-state index in [4.69, 9.17) is 5.11 Å². The largest absolute Gasteiger partial charge is 0.394 e. The fourth-order valence-electron chi connectivity index (χ4n) is 2.48. The predicted molar refractivity (Wildman–Crippen MR) is 142 cm³/mol. The summed E-state index contributed by atoms with van der Waals surface area (Å²) in [5.74, 6) is -1.21. The van der Waals surface area contributed by atoms with Gasteiger partial charge in [0, 0.05) is 30.1 Å². The number of likely N-dealkylation sites (N-methyl/N-ethyl adjacent to an activating group) is 1. The second-order valence-electron chi connectivity index (χ2n) is 6.76. The molecule has 174 valence electrons. The summed E-state index contributed by atoms with van der Waals surface area (Å²) in [5, 5.41) is 34.0. The predicted octanol–water partition coefficient (Wildman–Crippen LogP) is 1.77. The van der Waals surface area contributed by atoms with Crippen molar-refractivity contribution in [3.63, 3.8) is 0 Å². The Morgan fingerprint density at radius 1 is 1.00 bits per heavy atom. The fraction of sp³-hybridized carbons (Fsp3) is 0.526. The van der Waals surface area contributed by atoms with Crippen LogP contribution < -0.4 is 10.6 Å². The first kappa shape index (κ1) is 28.7. The van der Waals surface area contributed by atoms with Crippen molar-refractivity contribution in [2.24, 2.45) is 0 Å². The minimum atomic E-state index is -1.11. The van der Waals surface area contributed by atoms with Crippen LogP contribution in [0.15, 0.2) is 0 Å². The molecule has 0 fully saturated rings. The third kappa shape index (κ3) is 7.62. The van der Waals surface area contributed by atoms with Crippen molar-refractivity contribution in [2.75, 3.05) is 32.1 Å². The van der Waals surface area contributed by atoms with Gasteiger partial charge in [0.1, 0.15) is 0 Å². The molecule has 0 saturated heterocycles. The summed E-state index contributed by atoms with van der Waals surface area (Å²) in [5.41, 5.74) is 0.784. The lowest BCUT2D eigenvalue weighted by molar-refractivity contribution is -0.115. The second kappa shape index (κ2) is 13.4. The number of anilines is 1. The lowest BCUT2D eigenvalue weighted by Gasteiger charge is -2.24. The van der Waals surface area contributed by atoms with Gasteiger partial charge >= 0.3 is 0 Å². The summed E-state index contributed by atoms with van der Waals surface area (Å²) in [6.07, 6.45) is -1.12. The molecule has 0 radical (unpaired) electrons. The van der Waals surface area contributed by atoms with Crippen LogP contribution >= 0.6 is 67.8 Å². The van der Waals surface area contributed by atoms with Crippen molar-refractivity contribution in [3.8, 4) is 0 Å². The van der Waals surface area contributed by atoms with Crippen molar-refractivity contribution >= 4 is 91.2 Å². The molecule has 0 aromatic heterocycles. The third-order valence-electron chi connectivity index (χ3n) is 4.35. The Morgan fingerprint density at radius 2 is 1.58 bits per heavy atom. The van der Waals surface area contributed by atoms with E-state index >= 15 is 0 Å². The number of hydrogen-bond donors (Lipinski definition) is 5. The van der Waals surface area contributed by atoms with Crippen molar-refractivity contribution < 1.29 is 29.7 Å². The maximum absolute atomic E-state index is 13.2. The molecule has 0 aliphatic heterocycles. The van der Waals surface area contributed by atoms with Crippen LogP contribution in [0.5, 0.6) is 0 Å². The molecular formula is C19H26I3N3O6. The van der Waals surface area contributed by atoms with E-state index in [2.05, 4.69) is 10.6 Å². The van der Waals surface area contributed by atoms with Gasteiger partial charge in [-0.3, -0.25) is 14.4 Å². The average molecular weight is 773 g/mol. The maximum atomic E-state index is 13.2. The number of carbonyl (C=O) groups is 3. The Labute approximate surface area is 222 Å². The number of hydrogen-bond acceptors (Lipinski definition) is 6. The van der Waals surface area contributed by atoms with Crippen LogP contribution in [0.25, 0.3) is 0 Å².